The first-order valence-electron chi connectivity index (χ1n) is 14.4. The van der Waals surface area contributed by atoms with E-state index in [0.29, 0.717) is 49.5 Å². The zero-order chi connectivity index (χ0) is 28.3. The van der Waals surface area contributed by atoms with Crippen LogP contribution in [0.15, 0.2) is 48.0 Å². The van der Waals surface area contributed by atoms with Crippen molar-refractivity contribution in [3.63, 3.8) is 0 Å². The Morgan fingerprint density at radius 3 is 2.54 bits per heavy atom. The van der Waals surface area contributed by atoms with Gasteiger partial charge in [0.05, 0.1) is 12.1 Å². The molecule has 0 bridgehead atoms. The van der Waals surface area contributed by atoms with E-state index in [2.05, 4.69) is 4.98 Å². The maximum absolute atomic E-state index is 13.9. The molecule has 1 saturated carbocycles. The monoisotopic (exact) mass is 574 g/mol. The molecule has 1 unspecified atom stereocenters. The molecule has 3 aliphatic rings. The molecule has 1 atom stereocenters. The number of amides is 2. The minimum Gasteiger partial charge on any atom is -0.481 e. The van der Waals surface area contributed by atoms with Crippen molar-refractivity contribution in [2.75, 3.05) is 29.6 Å². The lowest BCUT2D eigenvalue weighted by atomic mass is 9.86. The average molecular weight is 575 g/mol. The van der Waals surface area contributed by atoms with Gasteiger partial charge in [0, 0.05) is 60.8 Å². The van der Waals surface area contributed by atoms with Gasteiger partial charge in [0.2, 0.25) is 11.8 Å². The summed E-state index contributed by atoms with van der Waals surface area (Å²) in [6.07, 6.45) is 7.09. The Kier molecular flexibility index (Phi) is 8.11. The molecule has 3 fully saturated rings. The van der Waals surface area contributed by atoms with Gasteiger partial charge in [-0.2, -0.15) is 0 Å². The van der Waals surface area contributed by atoms with Crippen LogP contribution in [0.2, 0.25) is 0 Å². The zero-order valence-electron chi connectivity index (χ0n) is 22.9. The molecule has 1 aromatic carbocycles. The number of carbonyl (C=O) groups is 3. The summed E-state index contributed by atoms with van der Waals surface area (Å²) in [7, 11) is 0. The number of ether oxygens (including phenoxy) is 1. The second kappa shape index (κ2) is 12.1. The molecule has 9 nitrogen and oxygen atoms in total. The summed E-state index contributed by atoms with van der Waals surface area (Å²) in [6, 6.07) is 11.9. The van der Waals surface area contributed by atoms with E-state index in [1.54, 1.807) is 16.0 Å². The number of nitrogens with zero attached hydrogens (tertiary/aromatic N) is 4. The highest BCUT2D eigenvalue weighted by atomic mass is 32.1. The highest BCUT2D eigenvalue weighted by Gasteiger charge is 2.40. The molecule has 2 saturated heterocycles. The van der Waals surface area contributed by atoms with Crippen molar-refractivity contribution in [3.8, 4) is 22.4 Å². The Hall–Kier alpha value is -3.63. The van der Waals surface area contributed by atoms with Crippen molar-refractivity contribution in [1.82, 2.24) is 9.97 Å². The number of rotatable bonds is 10. The maximum Gasteiger partial charge on any atom is 0.304 e. The highest BCUT2D eigenvalue weighted by molar-refractivity contribution is 7.14. The molecule has 0 radical (unpaired) electrons. The highest BCUT2D eigenvalue weighted by Crippen LogP contribution is 2.40. The normalized spacial score (nSPS) is 18.4. The number of benzene rings is 1. The number of pyridine rings is 1. The van der Waals surface area contributed by atoms with Crippen LogP contribution in [-0.4, -0.2) is 58.7 Å². The summed E-state index contributed by atoms with van der Waals surface area (Å²) in [5.41, 5.74) is 3.56. The first-order chi connectivity index (χ1) is 20.0. The van der Waals surface area contributed by atoms with Crippen LogP contribution in [0.5, 0.6) is 0 Å². The maximum atomic E-state index is 13.9. The van der Waals surface area contributed by atoms with Crippen molar-refractivity contribution >= 4 is 40.1 Å². The SMILES string of the molecule is O=C(O)CC(CC1CCOCC1)C(=O)N(c1nc(-c2ccccc2-c2ccc(N3CCCC3=O)nc2)cs1)C1CC1. The molecule has 0 spiro atoms. The van der Waals surface area contributed by atoms with Gasteiger partial charge in [0.25, 0.3) is 0 Å². The van der Waals surface area contributed by atoms with Crippen molar-refractivity contribution < 1.29 is 24.2 Å². The number of hydrogen-bond acceptors (Lipinski definition) is 7. The molecule has 2 aliphatic heterocycles. The van der Waals surface area contributed by atoms with E-state index in [-0.39, 0.29) is 24.3 Å². The Morgan fingerprint density at radius 2 is 1.88 bits per heavy atom. The topological polar surface area (TPSA) is 113 Å². The van der Waals surface area contributed by atoms with Crippen LogP contribution >= 0.6 is 11.3 Å². The summed E-state index contributed by atoms with van der Waals surface area (Å²) < 4.78 is 5.47. The second-order valence-corrected chi connectivity index (χ2v) is 12.0. The lowest BCUT2D eigenvalue weighted by molar-refractivity contribution is -0.141. The van der Waals surface area contributed by atoms with Crippen molar-refractivity contribution in [2.45, 2.75) is 57.4 Å². The third-order valence-corrected chi connectivity index (χ3v) is 9.03. The second-order valence-electron chi connectivity index (χ2n) is 11.1. The van der Waals surface area contributed by atoms with Crippen LogP contribution in [0.3, 0.4) is 0 Å². The van der Waals surface area contributed by atoms with E-state index in [9.17, 15) is 19.5 Å². The number of carboxylic acids is 1. The molecule has 6 rings (SSSR count). The summed E-state index contributed by atoms with van der Waals surface area (Å²) >= 11 is 1.42. The fourth-order valence-electron chi connectivity index (χ4n) is 5.88. The summed E-state index contributed by atoms with van der Waals surface area (Å²) in [6.45, 7) is 2.02. The minimum absolute atomic E-state index is 0.0627. The minimum atomic E-state index is -0.950. The molecule has 10 heteroatoms. The quantitative estimate of drug-likeness (QED) is 0.345. The van der Waals surface area contributed by atoms with Crippen LogP contribution in [0, 0.1) is 11.8 Å². The van der Waals surface area contributed by atoms with E-state index in [1.807, 2.05) is 41.8 Å². The molecule has 1 aliphatic carbocycles. The number of thiazole rings is 1. The Morgan fingerprint density at radius 1 is 1.10 bits per heavy atom. The molecular formula is C31H34N4O5S. The van der Waals surface area contributed by atoms with Crippen LogP contribution < -0.4 is 9.80 Å². The van der Waals surface area contributed by atoms with Crippen molar-refractivity contribution in [3.05, 3.63) is 48.0 Å². The largest absolute Gasteiger partial charge is 0.481 e. The number of carboxylic acid groups (broad SMARTS) is 1. The van der Waals surface area contributed by atoms with E-state index < -0.39 is 11.9 Å². The number of hydrogen-bond donors (Lipinski definition) is 1. The molecule has 2 amide bonds. The van der Waals surface area contributed by atoms with Crippen LogP contribution in [-0.2, 0) is 19.1 Å². The first-order valence-corrected chi connectivity index (χ1v) is 15.3. The number of aromatic nitrogens is 2. The predicted molar refractivity (Wildman–Crippen MR) is 157 cm³/mol. The third kappa shape index (κ3) is 6.18. The Balaban J connectivity index is 1.25. The fourth-order valence-corrected chi connectivity index (χ4v) is 6.78. The van der Waals surface area contributed by atoms with Crippen LogP contribution in [0.4, 0.5) is 10.9 Å². The van der Waals surface area contributed by atoms with Gasteiger partial charge in [-0.3, -0.25) is 24.2 Å². The van der Waals surface area contributed by atoms with E-state index in [0.717, 1.165) is 54.5 Å². The smallest absolute Gasteiger partial charge is 0.304 e. The Labute approximate surface area is 243 Å². The molecule has 3 aromatic rings. The molecule has 4 heterocycles. The average Bonchev–Trinajstić information content (AvgIpc) is 3.53. The van der Waals surface area contributed by atoms with Gasteiger partial charge >= 0.3 is 5.97 Å². The number of carbonyl (C=O) groups excluding carboxylic acids is 2. The zero-order valence-corrected chi connectivity index (χ0v) is 23.7. The Bertz CT molecular complexity index is 1410. The first kappa shape index (κ1) is 27.5. The van der Waals surface area contributed by atoms with Gasteiger partial charge in [-0.15, -0.1) is 11.3 Å². The van der Waals surface area contributed by atoms with Gasteiger partial charge in [-0.25, -0.2) is 9.97 Å². The molecule has 41 heavy (non-hydrogen) atoms. The van der Waals surface area contributed by atoms with Crippen LogP contribution in [0.25, 0.3) is 22.4 Å². The standard InChI is InChI=1S/C31H34N4O5S/c36-28-6-3-13-34(28)27-10-7-21(18-32-27)24-4-1-2-5-25(24)26-19-41-31(33-26)35(23-8-9-23)30(39)22(17-29(37)38)16-20-11-14-40-15-12-20/h1-2,4-5,7,10,18-20,22-23H,3,6,8-9,11-17H2,(H,37,38). The van der Waals surface area contributed by atoms with Crippen molar-refractivity contribution in [1.29, 1.82) is 0 Å². The lowest BCUT2D eigenvalue weighted by Crippen LogP contribution is -2.40. The molecular weight excluding hydrogens is 540 g/mol. The summed E-state index contributed by atoms with van der Waals surface area (Å²) in [4.78, 5) is 50.8. The summed E-state index contributed by atoms with van der Waals surface area (Å²) in [5.74, 6) is -0.600. The van der Waals surface area contributed by atoms with Crippen LogP contribution in [0.1, 0.15) is 51.4 Å². The molecule has 214 valence electrons. The number of aliphatic carboxylic acids is 1. The molecule has 1 N–H and O–H groups in total. The third-order valence-electron chi connectivity index (χ3n) is 8.19. The molecule has 2 aromatic heterocycles. The van der Waals surface area contributed by atoms with E-state index in [1.165, 1.54) is 11.3 Å². The van der Waals surface area contributed by atoms with Gasteiger partial charge in [-0.05, 0) is 62.1 Å². The number of anilines is 2. The van der Waals surface area contributed by atoms with Gasteiger partial charge in [0.1, 0.15) is 5.82 Å². The lowest BCUT2D eigenvalue weighted by Gasteiger charge is -2.29. The van der Waals surface area contributed by atoms with Gasteiger partial charge in [0.15, 0.2) is 5.13 Å². The van der Waals surface area contributed by atoms with Gasteiger partial charge < -0.3 is 9.84 Å². The summed E-state index contributed by atoms with van der Waals surface area (Å²) in [5, 5.41) is 12.2. The fraction of sp³-hybridized carbons (Fsp3) is 0.452. The van der Waals surface area contributed by atoms with Gasteiger partial charge in [-0.1, -0.05) is 24.3 Å². The van der Waals surface area contributed by atoms with E-state index in [4.69, 9.17) is 9.72 Å². The predicted octanol–water partition coefficient (Wildman–Crippen LogP) is 5.40. The van der Waals surface area contributed by atoms with Crippen molar-refractivity contribution in [2.24, 2.45) is 11.8 Å². The van der Waals surface area contributed by atoms with E-state index >= 15 is 0 Å².